The van der Waals surface area contributed by atoms with E-state index in [0.717, 1.165) is 26.7 Å². The normalized spacial score (nSPS) is 10.7. The molecule has 1 aromatic heterocycles. The van der Waals surface area contributed by atoms with Crippen molar-refractivity contribution in [2.75, 3.05) is 7.11 Å². The largest absolute Gasteiger partial charge is 0.497 e. The number of fused-ring (bicyclic) bond motifs is 1. The van der Waals surface area contributed by atoms with Gasteiger partial charge in [-0.25, -0.2) is 4.98 Å². The van der Waals surface area contributed by atoms with Gasteiger partial charge in [-0.2, -0.15) is 0 Å². The van der Waals surface area contributed by atoms with Crippen molar-refractivity contribution in [3.05, 3.63) is 94.5 Å². The number of benzene rings is 3. The highest BCUT2D eigenvalue weighted by Gasteiger charge is 2.17. The van der Waals surface area contributed by atoms with Gasteiger partial charge in [0, 0.05) is 26.5 Å². The second-order valence-corrected chi connectivity index (χ2v) is 7.06. The standard InChI is InChI=1S/C23H16BrNO2/c1-27-19-12-8-16(9-13-19)23(26)20-14-17-4-2-3-5-21(17)25-22(20)15-6-10-18(24)11-7-15/h2-14H,1H3. The molecule has 4 aromatic rings. The zero-order valence-electron chi connectivity index (χ0n) is 14.6. The number of para-hydroxylation sites is 1. The summed E-state index contributed by atoms with van der Waals surface area (Å²) >= 11 is 3.46. The highest BCUT2D eigenvalue weighted by Crippen LogP contribution is 2.29. The summed E-state index contributed by atoms with van der Waals surface area (Å²) in [5.74, 6) is 0.658. The molecule has 0 amide bonds. The molecule has 0 N–H and O–H groups in total. The van der Waals surface area contributed by atoms with E-state index in [4.69, 9.17) is 9.72 Å². The van der Waals surface area contributed by atoms with Crippen molar-refractivity contribution in [3.8, 4) is 17.0 Å². The maximum absolute atomic E-state index is 13.3. The molecule has 0 radical (unpaired) electrons. The molecule has 4 heteroatoms. The van der Waals surface area contributed by atoms with E-state index in [0.29, 0.717) is 16.8 Å². The average molecular weight is 418 g/mol. The Morgan fingerprint density at radius 1 is 0.926 bits per heavy atom. The van der Waals surface area contributed by atoms with Crippen LogP contribution < -0.4 is 4.74 Å². The molecule has 0 spiro atoms. The van der Waals surface area contributed by atoms with Crippen LogP contribution in [0.25, 0.3) is 22.2 Å². The van der Waals surface area contributed by atoms with Crippen molar-refractivity contribution < 1.29 is 9.53 Å². The molecular weight excluding hydrogens is 402 g/mol. The zero-order valence-corrected chi connectivity index (χ0v) is 16.2. The van der Waals surface area contributed by atoms with Crippen molar-refractivity contribution >= 4 is 32.6 Å². The van der Waals surface area contributed by atoms with Crippen molar-refractivity contribution in [3.63, 3.8) is 0 Å². The maximum atomic E-state index is 13.3. The molecule has 0 aliphatic heterocycles. The molecule has 1 heterocycles. The molecule has 0 atom stereocenters. The molecule has 0 saturated heterocycles. The van der Waals surface area contributed by atoms with E-state index in [1.54, 1.807) is 31.4 Å². The number of aromatic nitrogens is 1. The summed E-state index contributed by atoms with van der Waals surface area (Å²) in [6.45, 7) is 0. The zero-order chi connectivity index (χ0) is 18.8. The van der Waals surface area contributed by atoms with Crippen LogP contribution in [0.1, 0.15) is 15.9 Å². The number of halogens is 1. The van der Waals surface area contributed by atoms with Crippen LogP contribution >= 0.6 is 15.9 Å². The number of hydrogen-bond donors (Lipinski definition) is 0. The van der Waals surface area contributed by atoms with Crippen LogP contribution in [0.2, 0.25) is 0 Å². The summed E-state index contributed by atoms with van der Waals surface area (Å²) in [6, 6.07) is 24.7. The maximum Gasteiger partial charge on any atom is 0.195 e. The lowest BCUT2D eigenvalue weighted by Crippen LogP contribution is -2.05. The van der Waals surface area contributed by atoms with Gasteiger partial charge >= 0.3 is 0 Å². The molecule has 132 valence electrons. The Morgan fingerprint density at radius 3 is 2.33 bits per heavy atom. The predicted octanol–water partition coefficient (Wildman–Crippen LogP) is 5.90. The second-order valence-electron chi connectivity index (χ2n) is 6.14. The van der Waals surface area contributed by atoms with E-state index < -0.39 is 0 Å². The van der Waals surface area contributed by atoms with Crippen LogP contribution in [0.5, 0.6) is 5.75 Å². The van der Waals surface area contributed by atoms with E-state index in [-0.39, 0.29) is 5.78 Å². The lowest BCUT2D eigenvalue weighted by Gasteiger charge is -2.11. The molecule has 3 aromatic carbocycles. The number of carbonyl (C=O) groups excluding carboxylic acids is 1. The summed E-state index contributed by atoms with van der Waals surface area (Å²) in [4.78, 5) is 18.1. The first-order chi connectivity index (χ1) is 13.2. The lowest BCUT2D eigenvalue weighted by atomic mass is 9.96. The minimum atomic E-state index is -0.0613. The van der Waals surface area contributed by atoms with Crippen LogP contribution in [0.3, 0.4) is 0 Å². The van der Waals surface area contributed by atoms with E-state index in [2.05, 4.69) is 15.9 Å². The topological polar surface area (TPSA) is 39.2 Å². The molecule has 0 fully saturated rings. The van der Waals surface area contributed by atoms with Crippen LogP contribution in [0.4, 0.5) is 0 Å². The van der Waals surface area contributed by atoms with E-state index in [1.165, 1.54) is 0 Å². The monoisotopic (exact) mass is 417 g/mol. The SMILES string of the molecule is COc1ccc(C(=O)c2cc3ccccc3nc2-c2ccc(Br)cc2)cc1. The number of ether oxygens (including phenoxy) is 1. The second kappa shape index (κ2) is 7.33. The highest BCUT2D eigenvalue weighted by atomic mass is 79.9. The molecule has 0 aliphatic carbocycles. The van der Waals surface area contributed by atoms with Crippen molar-refractivity contribution in [1.82, 2.24) is 4.98 Å². The lowest BCUT2D eigenvalue weighted by molar-refractivity contribution is 0.103. The molecule has 0 unspecified atom stereocenters. The van der Waals surface area contributed by atoms with Gasteiger partial charge in [0.05, 0.1) is 18.3 Å². The first-order valence-corrected chi connectivity index (χ1v) is 9.29. The molecule has 27 heavy (non-hydrogen) atoms. The summed E-state index contributed by atoms with van der Waals surface area (Å²) in [6.07, 6.45) is 0. The third-order valence-electron chi connectivity index (χ3n) is 4.44. The Bertz CT molecular complexity index is 1120. The van der Waals surface area contributed by atoms with Gasteiger partial charge in [0.1, 0.15) is 5.75 Å². The minimum Gasteiger partial charge on any atom is -0.497 e. The summed E-state index contributed by atoms with van der Waals surface area (Å²) < 4.78 is 6.17. The van der Waals surface area contributed by atoms with Gasteiger partial charge in [-0.15, -0.1) is 0 Å². The molecule has 3 nitrogen and oxygen atoms in total. The van der Waals surface area contributed by atoms with Crippen LogP contribution in [-0.4, -0.2) is 17.9 Å². The average Bonchev–Trinajstić information content (AvgIpc) is 2.73. The number of ketones is 1. The highest BCUT2D eigenvalue weighted by molar-refractivity contribution is 9.10. The summed E-state index contributed by atoms with van der Waals surface area (Å²) in [5.41, 5.74) is 3.64. The Kier molecular flexibility index (Phi) is 4.73. The third-order valence-corrected chi connectivity index (χ3v) is 4.97. The van der Waals surface area contributed by atoms with Crippen LogP contribution in [0.15, 0.2) is 83.3 Å². The van der Waals surface area contributed by atoms with Gasteiger partial charge in [-0.05, 0) is 48.5 Å². The quantitative estimate of drug-likeness (QED) is 0.387. The molecule has 4 rings (SSSR count). The van der Waals surface area contributed by atoms with Gasteiger partial charge in [-0.3, -0.25) is 4.79 Å². The smallest absolute Gasteiger partial charge is 0.195 e. The van der Waals surface area contributed by atoms with Gasteiger partial charge in [-0.1, -0.05) is 46.3 Å². The van der Waals surface area contributed by atoms with Gasteiger partial charge < -0.3 is 4.74 Å². The molecular formula is C23H16BrNO2. The summed E-state index contributed by atoms with van der Waals surface area (Å²) in [5, 5.41) is 0.940. The fourth-order valence-electron chi connectivity index (χ4n) is 3.01. The number of carbonyl (C=O) groups is 1. The third kappa shape index (κ3) is 3.49. The van der Waals surface area contributed by atoms with E-state index >= 15 is 0 Å². The summed E-state index contributed by atoms with van der Waals surface area (Å²) in [7, 11) is 1.61. The minimum absolute atomic E-state index is 0.0613. The Morgan fingerprint density at radius 2 is 1.63 bits per heavy atom. The van der Waals surface area contributed by atoms with Gasteiger partial charge in [0.25, 0.3) is 0 Å². The van der Waals surface area contributed by atoms with E-state index in [1.807, 2.05) is 54.6 Å². The van der Waals surface area contributed by atoms with Gasteiger partial charge in [0.15, 0.2) is 5.78 Å². The molecule has 0 aliphatic rings. The van der Waals surface area contributed by atoms with Crippen molar-refractivity contribution in [2.45, 2.75) is 0 Å². The Balaban J connectivity index is 1.89. The number of rotatable bonds is 4. The number of methoxy groups -OCH3 is 1. The number of nitrogens with zero attached hydrogens (tertiary/aromatic N) is 1. The Hall–Kier alpha value is -2.98. The Labute approximate surface area is 165 Å². The van der Waals surface area contributed by atoms with Gasteiger partial charge in [0.2, 0.25) is 0 Å². The molecule has 0 bridgehead atoms. The fraction of sp³-hybridized carbons (Fsp3) is 0.0435. The number of pyridine rings is 1. The number of hydrogen-bond acceptors (Lipinski definition) is 3. The predicted molar refractivity (Wildman–Crippen MR) is 111 cm³/mol. The van der Waals surface area contributed by atoms with Crippen LogP contribution in [-0.2, 0) is 0 Å². The molecule has 0 saturated carbocycles. The first-order valence-electron chi connectivity index (χ1n) is 8.50. The first kappa shape index (κ1) is 17.4. The van der Waals surface area contributed by atoms with E-state index in [9.17, 15) is 4.79 Å². The van der Waals surface area contributed by atoms with Crippen LogP contribution in [0, 0.1) is 0 Å². The van der Waals surface area contributed by atoms with Crippen molar-refractivity contribution in [2.24, 2.45) is 0 Å². The van der Waals surface area contributed by atoms with Crippen molar-refractivity contribution in [1.29, 1.82) is 0 Å². The fourth-order valence-corrected chi connectivity index (χ4v) is 3.28.